The maximum absolute atomic E-state index is 13.0. The van der Waals surface area contributed by atoms with E-state index in [9.17, 15) is 18.0 Å². The van der Waals surface area contributed by atoms with Crippen LogP contribution in [0.25, 0.3) is 0 Å². The number of ether oxygens (including phenoxy) is 1. The van der Waals surface area contributed by atoms with Gasteiger partial charge in [-0.25, -0.2) is 18.0 Å². The summed E-state index contributed by atoms with van der Waals surface area (Å²) >= 11 is 0. The third-order valence-corrected chi connectivity index (χ3v) is 2.43. The first-order chi connectivity index (χ1) is 9.56. The third-order valence-electron chi connectivity index (χ3n) is 2.43. The molecule has 2 aromatic rings. The van der Waals surface area contributed by atoms with Crippen LogP contribution in [0.4, 0.5) is 18.0 Å². The maximum Gasteiger partial charge on any atom is 0.412 e. The summed E-state index contributed by atoms with van der Waals surface area (Å²) < 4.78 is 43.5. The summed E-state index contributed by atoms with van der Waals surface area (Å²) in [5, 5.41) is 2.30. The number of para-hydroxylation sites is 1. The van der Waals surface area contributed by atoms with E-state index in [1.165, 1.54) is 0 Å². The molecule has 0 atom stereocenters. The first-order valence-electron chi connectivity index (χ1n) is 5.70. The van der Waals surface area contributed by atoms with Crippen LogP contribution in [-0.4, -0.2) is 6.09 Å². The number of benzene rings is 2. The molecule has 0 saturated carbocycles. The third kappa shape index (κ3) is 3.50. The van der Waals surface area contributed by atoms with Gasteiger partial charge in [-0.2, -0.15) is 0 Å². The van der Waals surface area contributed by atoms with Crippen molar-refractivity contribution in [2.45, 2.75) is 6.54 Å². The Bertz CT molecular complexity index is 594. The second kappa shape index (κ2) is 6.10. The quantitative estimate of drug-likeness (QED) is 0.876. The molecule has 0 spiro atoms. The van der Waals surface area contributed by atoms with Crippen molar-refractivity contribution in [3.05, 3.63) is 65.5 Å². The molecule has 0 aliphatic rings. The molecule has 0 radical (unpaired) electrons. The predicted molar refractivity (Wildman–Crippen MR) is 65.6 cm³/mol. The largest absolute Gasteiger partial charge is 0.412 e. The highest BCUT2D eigenvalue weighted by Gasteiger charge is 2.11. The van der Waals surface area contributed by atoms with Crippen LogP contribution in [0.5, 0.6) is 5.75 Å². The van der Waals surface area contributed by atoms with Crippen molar-refractivity contribution in [2.24, 2.45) is 0 Å². The van der Waals surface area contributed by atoms with E-state index >= 15 is 0 Å². The number of carbonyl (C=O) groups excluding carboxylic acids is 1. The number of hydrogen-bond donors (Lipinski definition) is 1. The number of nitrogens with one attached hydrogen (secondary N) is 1. The van der Waals surface area contributed by atoms with Gasteiger partial charge in [-0.05, 0) is 29.8 Å². The molecule has 20 heavy (non-hydrogen) atoms. The minimum atomic E-state index is -1.54. The fourth-order valence-corrected chi connectivity index (χ4v) is 1.52. The summed E-state index contributed by atoms with van der Waals surface area (Å²) in [7, 11) is 0. The van der Waals surface area contributed by atoms with Crippen molar-refractivity contribution in [1.82, 2.24) is 5.32 Å². The van der Waals surface area contributed by atoms with E-state index in [1.807, 2.05) is 0 Å². The highest BCUT2D eigenvalue weighted by molar-refractivity contribution is 5.70. The smallest absolute Gasteiger partial charge is 0.410 e. The van der Waals surface area contributed by atoms with Crippen molar-refractivity contribution in [2.75, 3.05) is 0 Å². The molecule has 0 fully saturated rings. The Morgan fingerprint density at radius 1 is 1.05 bits per heavy atom. The zero-order valence-electron chi connectivity index (χ0n) is 10.2. The second-order valence-electron chi connectivity index (χ2n) is 3.93. The van der Waals surface area contributed by atoms with Crippen LogP contribution in [0.2, 0.25) is 0 Å². The van der Waals surface area contributed by atoms with Crippen LogP contribution in [0.15, 0.2) is 42.5 Å². The molecule has 0 aliphatic heterocycles. The SMILES string of the molecule is O=C(NCc1cc(F)c(F)c(F)c1)Oc1ccccc1. The molecule has 0 aliphatic carbocycles. The van der Waals surface area contributed by atoms with Gasteiger partial charge in [0.15, 0.2) is 17.5 Å². The fraction of sp³-hybridized carbons (Fsp3) is 0.0714. The summed E-state index contributed by atoms with van der Waals surface area (Å²) in [4.78, 5) is 11.4. The molecule has 2 aromatic carbocycles. The van der Waals surface area contributed by atoms with Gasteiger partial charge in [-0.15, -0.1) is 0 Å². The zero-order chi connectivity index (χ0) is 14.5. The van der Waals surface area contributed by atoms with Gasteiger partial charge < -0.3 is 10.1 Å². The van der Waals surface area contributed by atoms with Crippen molar-refractivity contribution in [3.8, 4) is 5.75 Å². The molecule has 3 nitrogen and oxygen atoms in total. The van der Waals surface area contributed by atoms with Crippen LogP contribution in [-0.2, 0) is 6.54 Å². The van der Waals surface area contributed by atoms with E-state index in [0.29, 0.717) is 5.75 Å². The van der Waals surface area contributed by atoms with Gasteiger partial charge in [0.1, 0.15) is 5.75 Å². The van der Waals surface area contributed by atoms with Gasteiger partial charge in [0, 0.05) is 6.54 Å². The number of carbonyl (C=O) groups is 1. The zero-order valence-corrected chi connectivity index (χ0v) is 10.2. The fourth-order valence-electron chi connectivity index (χ4n) is 1.52. The topological polar surface area (TPSA) is 38.3 Å². The number of rotatable bonds is 3. The minimum absolute atomic E-state index is 0.0893. The Morgan fingerprint density at radius 2 is 1.65 bits per heavy atom. The lowest BCUT2D eigenvalue weighted by atomic mass is 10.2. The Morgan fingerprint density at radius 3 is 2.25 bits per heavy atom. The molecule has 0 unspecified atom stereocenters. The van der Waals surface area contributed by atoms with Crippen molar-refractivity contribution in [1.29, 1.82) is 0 Å². The molecule has 1 N–H and O–H groups in total. The van der Waals surface area contributed by atoms with Gasteiger partial charge in [0.05, 0.1) is 0 Å². The maximum atomic E-state index is 13.0. The average molecular weight is 281 g/mol. The number of hydrogen-bond acceptors (Lipinski definition) is 2. The molecule has 0 bridgehead atoms. The van der Waals surface area contributed by atoms with Gasteiger partial charge in [0.25, 0.3) is 0 Å². The van der Waals surface area contributed by atoms with Crippen LogP contribution >= 0.6 is 0 Å². The normalized spacial score (nSPS) is 10.2. The lowest BCUT2D eigenvalue weighted by Gasteiger charge is -2.07. The first-order valence-corrected chi connectivity index (χ1v) is 5.70. The minimum Gasteiger partial charge on any atom is -0.410 e. The number of halogens is 3. The molecule has 1 amide bonds. The first kappa shape index (κ1) is 13.9. The lowest BCUT2D eigenvalue weighted by Crippen LogP contribution is -2.26. The van der Waals surface area contributed by atoms with E-state index in [2.05, 4.69) is 5.32 Å². The lowest BCUT2D eigenvalue weighted by molar-refractivity contribution is 0.200. The Balaban J connectivity index is 1.94. The molecule has 0 aromatic heterocycles. The van der Waals surface area contributed by atoms with Crippen LogP contribution < -0.4 is 10.1 Å². The highest BCUT2D eigenvalue weighted by Crippen LogP contribution is 2.13. The molecule has 0 saturated heterocycles. The van der Waals surface area contributed by atoms with Crippen LogP contribution in [0.1, 0.15) is 5.56 Å². The molecular formula is C14H10F3NO2. The summed E-state index contributed by atoms with van der Waals surface area (Å²) in [5.41, 5.74) is 0.0893. The van der Waals surface area contributed by atoms with E-state index in [-0.39, 0.29) is 12.1 Å². The molecule has 104 valence electrons. The molecule has 2 rings (SSSR count). The van der Waals surface area contributed by atoms with Gasteiger partial charge in [0.2, 0.25) is 0 Å². The van der Waals surface area contributed by atoms with Crippen molar-refractivity contribution >= 4 is 6.09 Å². The van der Waals surface area contributed by atoms with Crippen molar-refractivity contribution in [3.63, 3.8) is 0 Å². The standard InChI is InChI=1S/C14H10F3NO2/c15-11-6-9(7-12(16)13(11)17)8-18-14(19)20-10-4-2-1-3-5-10/h1-7H,8H2,(H,18,19). The molecular weight excluding hydrogens is 271 g/mol. The monoisotopic (exact) mass is 281 g/mol. The Labute approximate surface area is 113 Å². The summed E-state index contributed by atoms with van der Waals surface area (Å²) in [6.07, 6.45) is -0.777. The average Bonchev–Trinajstić information content (AvgIpc) is 2.43. The number of amides is 1. The summed E-state index contributed by atoms with van der Waals surface area (Å²) in [6.45, 7) is -0.181. The van der Waals surface area contributed by atoms with Crippen LogP contribution in [0.3, 0.4) is 0 Å². The highest BCUT2D eigenvalue weighted by atomic mass is 19.2. The van der Waals surface area contributed by atoms with Crippen LogP contribution in [0, 0.1) is 17.5 Å². The second-order valence-corrected chi connectivity index (χ2v) is 3.93. The summed E-state index contributed by atoms with van der Waals surface area (Å²) in [5.74, 6) is -3.82. The molecule has 6 heteroatoms. The summed E-state index contributed by atoms with van der Waals surface area (Å²) in [6, 6.07) is 9.91. The van der Waals surface area contributed by atoms with Crippen molar-refractivity contribution < 1.29 is 22.7 Å². The predicted octanol–water partition coefficient (Wildman–Crippen LogP) is 3.39. The van der Waals surface area contributed by atoms with Gasteiger partial charge in [-0.1, -0.05) is 18.2 Å². The van der Waals surface area contributed by atoms with E-state index in [1.54, 1.807) is 30.3 Å². The van der Waals surface area contributed by atoms with E-state index in [0.717, 1.165) is 12.1 Å². The Kier molecular flexibility index (Phi) is 4.24. The van der Waals surface area contributed by atoms with E-state index in [4.69, 9.17) is 4.74 Å². The van der Waals surface area contributed by atoms with E-state index < -0.39 is 23.5 Å². The molecule has 0 heterocycles. The van der Waals surface area contributed by atoms with Gasteiger partial charge in [-0.3, -0.25) is 0 Å². The Hall–Kier alpha value is -2.50. The van der Waals surface area contributed by atoms with Gasteiger partial charge >= 0.3 is 6.09 Å².